The maximum Gasteiger partial charge on any atom is 0.244 e. The van der Waals surface area contributed by atoms with Crippen molar-refractivity contribution in [3.05, 3.63) is 72.3 Å². The molecular formula is C27H28N4O3. The molecule has 7 nitrogen and oxygen atoms in total. The summed E-state index contributed by atoms with van der Waals surface area (Å²) in [5.74, 6) is -0.432. The summed E-state index contributed by atoms with van der Waals surface area (Å²) < 4.78 is 0. The largest absolute Gasteiger partial charge is 0.340 e. The number of anilines is 2. The standard InChI is InChI=1S/C27H28N4O3/c32-25-19-31(24-11-4-3-10-23(24)28-25)27(34)13-12-26(33)30-16-14-29(15-17-30)18-21-8-5-7-20-6-1-2-9-22(20)21/h1-11H,12-19H2,(H,28,32). The molecule has 1 N–H and O–H groups in total. The summed E-state index contributed by atoms with van der Waals surface area (Å²) in [5, 5.41) is 5.30. The van der Waals surface area contributed by atoms with Crippen LogP contribution in [0.1, 0.15) is 18.4 Å². The van der Waals surface area contributed by atoms with Gasteiger partial charge in [-0.2, -0.15) is 0 Å². The Balaban J connectivity index is 1.13. The highest BCUT2D eigenvalue weighted by atomic mass is 16.2. The van der Waals surface area contributed by atoms with Gasteiger partial charge in [0.2, 0.25) is 17.7 Å². The van der Waals surface area contributed by atoms with Crippen LogP contribution in [-0.4, -0.2) is 60.2 Å². The van der Waals surface area contributed by atoms with Gasteiger partial charge in [-0.1, -0.05) is 54.6 Å². The first-order valence-electron chi connectivity index (χ1n) is 11.7. The van der Waals surface area contributed by atoms with E-state index in [1.165, 1.54) is 21.2 Å². The first-order valence-corrected chi connectivity index (χ1v) is 11.7. The highest BCUT2D eigenvalue weighted by Crippen LogP contribution is 2.29. The first-order chi connectivity index (χ1) is 16.6. The number of amides is 3. The number of carbonyl (C=O) groups is 3. The van der Waals surface area contributed by atoms with Crippen LogP contribution in [0.15, 0.2) is 66.7 Å². The van der Waals surface area contributed by atoms with Crippen LogP contribution in [0.25, 0.3) is 10.8 Å². The molecule has 3 aromatic rings. The van der Waals surface area contributed by atoms with Gasteiger partial charge >= 0.3 is 0 Å². The van der Waals surface area contributed by atoms with Crippen LogP contribution in [0.4, 0.5) is 11.4 Å². The van der Waals surface area contributed by atoms with Gasteiger partial charge < -0.3 is 15.1 Å². The second-order valence-electron chi connectivity index (χ2n) is 8.84. The molecule has 1 saturated heterocycles. The number of fused-ring (bicyclic) bond motifs is 2. The van der Waals surface area contributed by atoms with Crippen molar-refractivity contribution in [1.82, 2.24) is 9.80 Å². The Bertz CT molecular complexity index is 1230. The highest BCUT2D eigenvalue weighted by Gasteiger charge is 2.28. The van der Waals surface area contributed by atoms with Crippen LogP contribution in [0.3, 0.4) is 0 Å². The van der Waals surface area contributed by atoms with Crippen LogP contribution in [-0.2, 0) is 20.9 Å². The second-order valence-corrected chi connectivity index (χ2v) is 8.84. The topological polar surface area (TPSA) is 73.0 Å². The summed E-state index contributed by atoms with van der Waals surface area (Å²) in [4.78, 5) is 43.3. The molecule has 7 heteroatoms. The number of nitrogens with zero attached hydrogens (tertiary/aromatic N) is 3. The minimum Gasteiger partial charge on any atom is -0.340 e. The molecule has 5 rings (SSSR count). The molecule has 0 aromatic heterocycles. The maximum absolute atomic E-state index is 12.8. The van der Waals surface area contributed by atoms with E-state index in [1.54, 1.807) is 6.07 Å². The molecule has 3 amide bonds. The SMILES string of the molecule is O=C1CN(C(=O)CCC(=O)N2CCN(Cc3cccc4ccccc34)CC2)c2ccccc2N1. The van der Waals surface area contributed by atoms with Crippen molar-refractivity contribution in [3.8, 4) is 0 Å². The molecule has 34 heavy (non-hydrogen) atoms. The van der Waals surface area contributed by atoms with E-state index in [0.29, 0.717) is 24.5 Å². The quantitative estimate of drug-likeness (QED) is 0.640. The van der Waals surface area contributed by atoms with E-state index in [0.717, 1.165) is 19.6 Å². The zero-order chi connectivity index (χ0) is 23.5. The number of carbonyl (C=O) groups excluding carboxylic acids is 3. The van der Waals surface area contributed by atoms with Gasteiger partial charge in [-0.3, -0.25) is 19.3 Å². The van der Waals surface area contributed by atoms with Gasteiger partial charge in [0, 0.05) is 45.6 Å². The van der Waals surface area contributed by atoms with E-state index in [2.05, 4.69) is 52.7 Å². The number of benzene rings is 3. The van der Waals surface area contributed by atoms with Gasteiger partial charge in [-0.05, 0) is 28.5 Å². The first kappa shape index (κ1) is 22.1. The van der Waals surface area contributed by atoms with Crippen molar-refractivity contribution >= 4 is 39.9 Å². The van der Waals surface area contributed by atoms with Crippen molar-refractivity contribution in [1.29, 1.82) is 0 Å². The van der Waals surface area contributed by atoms with Gasteiger partial charge in [0.1, 0.15) is 6.54 Å². The minimum absolute atomic E-state index is 0.00657. The van der Waals surface area contributed by atoms with E-state index in [1.807, 2.05) is 23.1 Å². The molecule has 2 aliphatic rings. The predicted molar refractivity (Wildman–Crippen MR) is 132 cm³/mol. The summed E-state index contributed by atoms with van der Waals surface area (Å²) in [5.41, 5.74) is 2.61. The number of hydrogen-bond acceptors (Lipinski definition) is 4. The number of piperazine rings is 1. The van der Waals surface area contributed by atoms with E-state index < -0.39 is 0 Å². The molecule has 0 aliphatic carbocycles. The molecular weight excluding hydrogens is 428 g/mol. The summed E-state index contributed by atoms with van der Waals surface area (Å²) >= 11 is 0. The van der Waals surface area contributed by atoms with Gasteiger partial charge in [0.15, 0.2) is 0 Å². The number of hydrogen-bond donors (Lipinski definition) is 1. The molecule has 0 spiro atoms. The van der Waals surface area contributed by atoms with Crippen LogP contribution in [0.2, 0.25) is 0 Å². The monoisotopic (exact) mass is 456 g/mol. The van der Waals surface area contributed by atoms with Gasteiger partial charge in [-0.25, -0.2) is 0 Å². The van der Waals surface area contributed by atoms with Crippen LogP contribution in [0, 0.1) is 0 Å². The summed E-state index contributed by atoms with van der Waals surface area (Å²) in [7, 11) is 0. The van der Waals surface area contributed by atoms with E-state index in [9.17, 15) is 14.4 Å². The fourth-order valence-corrected chi connectivity index (χ4v) is 4.79. The lowest BCUT2D eigenvalue weighted by atomic mass is 10.0. The predicted octanol–water partition coefficient (Wildman–Crippen LogP) is 3.25. The lowest BCUT2D eigenvalue weighted by Crippen LogP contribution is -2.48. The average molecular weight is 457 g/mol. The molecule has 0 atom stereocenters. The Morgan fingerprint density at radius 3 is 2.35 bits per heavy atom. The Morgan fingerprint density at radius 2 is 1.50 bits per heavy atom. The van der Waals surface area contributed by atoms with Crippen molar-refractivity contribution < 1.29 is 14.4 Å². The smallest absolute Gasteiger partial charge is 0.244 e. The lowest BCUT2D eigenvalue weighted by Gasteiger charge is -2.35. The molecule has 0 saturated carbocycles. The molecule has 3 aromatic carbocycles. The Hall–Kier alpha value is -3.71. The number of nitrogens with one attached hydrogen (secondary N) is 1. The summed E-state index contributed by atoms with van der Waals surface area (Å²) in [6.45, 7) is 3.78. The molecule has 0 radical (unpaired) electrons. The molecule has 0 bridgehead atoms. The maximum atomic E-state index is 12.8. The fourth-order valence-electron chi connectivity index (χ4n) is 4.79. The molecule has 1 fully saturated rings. The minimum atomic E-state index is -0.222. The van der Waals surface area contributed by atoms with Gasteiger partial charge in [-0.15, -0.1) is 0 Å². The molecule has 2 aliphatic heterocycles. The van der Waals surface area contributed by atoms with Crippen LogP contribution < -0.4 is 10.2 Å². The highest BCUT2D eigenvalue weighted by molar-refractivity contribution is 6.10. The number of rotatable bonds is 5. The second kappa shape index (κ2) is 9.65. The Labute approximate surface area is 198 Å². The van der Waals surface area contributed by atoms with E-state index in [-0.39, 0.29) is 37.1 Å². The van der Waals surface area contributed by atoms with Gasteiger partial charge in [0.05, 0.1) is 11.4 Å². The third kappa shape index (κ3) is 4.65. The zero-order valence-electron chi connectivity index (χ0n) is 19.1. The average Bonchev–Trinajstić information content (AvgIpc) is 2.87. The van der Waals surface area contributed by atoms with Crippen molar-refractivity contribution in [2.75, 3.05) is 42.9 Å². The third-order valence-electron chi connectivity index (χ3n) is 6.62. The van der Waals surface area contributed by atoms with Crippen molar-refractivity contribution in [2.24, 2.45) is 0 Å². The van der Waals surface area contributed by atoms with Crippen molar-refractivity contribution in [2.45, 2.75) is 19.4 Å². The molecule has 174 valence electrons. The molecule has 2 heterocycles. The Morgan fingerprint density at radius 1 is 0.794 bits per heavy atom. The third-order valence-corrected chi connectivity index (χ3v) is 6.62. The van der Waals surface area contributed by atoms with Crippen LogP contribution >= 0.6 is 0 Å². The Kier molecular flexibility index (Phi) is 6.27. The fraction of sp³-hybridized carbons (Fsp3) is 0.296. The zero-order valence-corrected chi connectivity index (χ0v) is 19.1. The normalized spacial score (nSPS) is 16.3. The van der Waals surface area contributed by atoms with Crippen LogP contribution in [0.5, 0.6) is 0 Å². The summed E-state index contributed by atoms with van der Waals surface area (Å²) in [6, 6.07) is 22.0. The summed E-state index contributed by atoms with van der Waals surface area (Å²) in [6.07, 6.45) is 0.249. The molecule has 0 unspecified atom stereocenters. The van der Waals surface area contributed by atoms with Crippen molar-refractivity contribution in [3.63, 3.8) is 0 Å². The van der Waals surface area contributed by atoms with Gasteiger partial charge in [0.25, 0.3) is 0 Å². The number of para-hydroxylation sites is 2. The lowest BCUT2D eigenvalue weighted by molar-refractivity contribution is -0.134. The van der Waals surface area contributed by atoms with E-state index in [4.69, 9.17) is 0 Å². The van der Waals surface area contributed by atoms with E-state index >= 15 is 0 Å².